The Hall–Kier alpha value is -1.26. The lowest BCUT2D eigenvalue weighted by Gasteiger charge is -2.27. The third-order valence-corrected chi connectivity index (χ3v) is 3.79. The van der Waals surface area contributed by atoms with Gasteiger partial charge in [-0.15, -0.1) is 12.4 Å². The smallest absolute Gasteiger partial charge is 0.337 e. The summed E-state index contributed by atoms with van der Waals surface area (Å²) in [5.74, 6) is 1.82. The van der Waals surface area contributed by atoms with Crippen molar-refractivity contribution in [3.63, 3.8) is 0 Å². The van der Waals surface area contributed by atoms with E-state index in [1.165, 1.54) is 20.0 Å². The number of rotatable bonds is 5. The summed E-state index contributed by atoms with van der Waals surface area (Å²) in [5, 5.41) is 3.24. The van der Waals surface area contributed by atoms with E-state index in [9.17, 15) is 4.79 Å². The molecule has 1 aromatic carbocycles. The van der Waals surface area contributed by atoms with Gasteiger partial charge in [-0.1, -0.05) is 0 Å². The maximum atomic E-state index is 11.6. The Balaban J connectivity index is 0.00000147. The SMILES string of the molecule is COC(=O)c1ccc(OCC2CNC2)c(C2CC2)c1.Cl. The van der Waals surface area contributed by atoms with Crippen molar-refractivity contribution in [1.82, 2.24) is 5.32 Å². The summed E-state index contributed by atoms with van der Waals surface area (Å²) in [7, 11) is 1.41. The molecule has 0 spiro atoms. The Morgan fingerprint density at radius 2 is 2.10 bits per heavy atom. The average Bonchev–Trinajstić information content (AvgIpc) is 3.20. The largest absolute Gasteiger partial charge is 0.493 e. The molecule has 0 radical (unpaired) electrons. The number of hydrogen-bond acceptors (Lipinski definition) is 4. The van der Waals surface area contributed by atoms with Crippen LogP contribution in [0.3, 0.4) is 0 Å². The Morgan fingerprint density at radius 1 is 1.35 bits per heavy atom. The number of carbonyl (C=O) groups excluding carboxylic acids is 1. The lowest BCUT2D eigenvalue weighted by Crippen LogP contribution is -2.45. The highest BCUT2D eigenvalue weighted by atomic mass is 35.5. The van der Waals surface area contributed by atoms with Crippen LogP contribution < -0.4 is 10.1 Å². The van der Waals surface area contributed by atoms with E-state index in [0.29, 0.717) is 17.4 Å². The molecule has 0 bridgehead atoms. The van der Waals surface area contributed by atoms with Gasteiger partial charge in [0.05, 0.1) is 19.3 Å². The fraction of sp³-hybridized carbons (Fsp3) is 0.533. The average molecular weight is 298 g/mol. The van der Waals surface area contributed by atoms with Crippen LogP contribution in [0.15, 0.2) is 18.2 Å². The number of carbonyl (C=O) groups is 1. The predicted octanol–water partition coefficient (Wildman–Crippen LogP) is 2.37. The van der Waals surface area contributed by atoms with Crippen LogP contribution in [-0.4, -0.2) is 32.8 Å². The summed E-state index contributed by atoms with van der Waals surface area (Å²) in [6.45, 7) is 2.84. The van der Waals surface area contributed by atoms with Crippen LogP contribution in [0.1, 0.15) is 34.7 Å². The Bertz CT molecular complexity index is 484. The van der Waals surface area contributed by atoms with E-state index in [1.807, 2.05) is 12.1 Å². The first-order valence-electron chi connectivity index (χ1n) is 6.83. The van der Waals surface area contributed by atoms with Gasteiger partial charge in [0.15, 0.2) is 0 Å². The molecule has 20 heavy (non-hydrogen) atoms. The third-order valence-electron chi connectivity index (χ3n) is 3.79. The summed E-state index contributed by atoms with van der Waals surface area (Å²) in [5.41, 5.74) is 1.78. The van der Waals surface area contributed by atoms with Crippen LogP contribution in [0.5, 0.6) is 5.75 Å². The summed E-state index contributed by atoms with van der Waals surface area (Å²) >= 11 is 0. The van der Waals surface area contributed by atoms with Gasteiger partial charge >= 0.3 is 5.97 Å². The molecule has 0 atom stereocenters. The fourth-order valence-corrected chi connectivity index (χ4v) is 2.31. The van der Waals surface area contributed by atoms with Gasteiger partial charge in [0.2, 0.25) is 0 Å². The zero-order valence-corrected chi connectivity index (χ0v) is 12.4. The fourth-order valence-electron chi connectivity index (χ4n) is 2.31. The first kappa shape index (κ1) is 15.1. The molecule has 5 heteroatoms. The lowest BCUT2D eigenvalue weighted by molar-refractivity contribution is 0.0600. The molecule has 2 fully saturated rings. The standard InChI is InChI=1S/C15H19NO3.ClH/c1-18-15(17)12-4-5-14(13(6-12)11-2-3-11)19-9-10-7-16-8-10;/h4-6,10-11,16H,2-3,7-9H2,1H3;1H. The normalized spacial score (nSPS) is 17.9. The zero-order chi connectivity index (χ0) is 13.2. The van der Waals surface area contributed by atoms with E-state index in [4.69, 9.17) is 9.47 Å². The summed E-state index contributed by atoms with van der Waals surface area (Å²) in [4.78, 5) is 11.6. The minimum atomic E-state index is -0.281. The zero-order valence-electron chi connectivity index (χ0n) is 11.6. The molecule has 110 valence electrons. The molecular formula is C15H20ClNO3. The van der Waals surface area contributed by atoms with Crippen LogP contribution in [0.25, 0.3) is 0 Å². The van der Waals surface area contributed by atoms with Crippen molar-refractivity contribution in [2.24, 2.45) is 5.92 Å². The molecule has 4 nitrogen and oxygen atoms in total. The number of esters is 1. The second-order valence-electron chi connectivity index (χ2n) is 5.35. The highest BCUT2D eigenvalue weighted by Crippen LogP contribution is 2.44. The van der Waals surface area contributed by atoms with Crippen molar-refractivity contribution >= 4 is 18.4 Å². The number of nitrogens with one attached hydrogen (secondary N) is 1. The van der Waals surface area contributed by atoms with E-state index in [1.54, 1.807) is 6.07 Å². The second kappa shape index (κ2) is 6.46. The highest BCUT2D eigenvalue weighted by molar-refractivity contribution is 5.89. The molecule has 1 saturated heterocycles. The molecule has 1 N–H and O–H groups in total. The molecule has 1 saturated carbocycles. The van der Waals surface area contributed by atoms with Crippen LogP contribution >= 0.6 is 12.4 Å². The van der Waals surface area contributed by atoms with E-state index >= 15 is 0 Å². The van der Waals surface area contributed by atoms with Gasteiger partial charge in [0.25, 0.3) is 0 Å². The van der Waals surface area contributed by atoms with Crippen molar-refractivity contribution in [1.29, 1.82) is 0 Å². The first-order valence-corrected chi connectivity index (χ1v) is 6.83. The van der Waals surface area contributed by atoms with Crippen molar-refractivity contribution in [2.45, 2.75) is 18.8 Å². The molecular weight excluding hydrogens is 278 g/mol. The summed E-state index contributed by atoms with van der Waals surface area (Å²) in [6, 6.07) is 5.62. The van der Waals surface area contributed by atoms with Crippen LogP contribution in [-0.2, 0) is 4.74 Å². The van der Waals surface area contributed by atoms with Crippen LogP contribution in [0, 0.1) is 5.92 Å². The topological polar surface area (TPSA) is 47.6 Å². The van der Waals surface area contributed by atoms with Crippen molar-refractivity contribution in [3.8, 4) is 5.75 Å². The molecule has 1 aliphatic carbocycles. The van der Waals surface area contributed by atoms with E-state index in [0.717, 1.165) is 31.0 Å². The highest BCUT2D eigenvalue weighted by Gasteiger charge is 2.28. The molecule has 0 amide bonds. The maximum absolute atomic E-state index is 11.6. The third kappa shape index (κ3) is 3.25. The van der Waals surface area contributed by atoms with Crippen molar-refractivity contribution < 1.29 is 14.3 Å². The molecule has 1 aromatic rings. The van der Waals surface area contributed by atoms with Crippen molar-refractivity contribution in [2.75, 3.05) is 26.8 Å². The summed E-state index contributed by atoms with van der Waals surface area (Å²) in [6.07, 6.45) is 2.37. The quantitative estimate of drug-likeness (QED) is 0.848. The monoisotopic (exact) mass is 297 g/mol. The second-order valence-corrected chi connectivity index (χ2v) is 5.35. The predicted molar refractivity (Wildman–Crippen MR) is 78.9 cm³/mol. The van der Waals surface area contributed by atoms with E-state index < -0.39 is 0 Å². The maximum Gasteiger partial charge on any atom is 0.337 e. The molecule has 3 rings (SSSR count). The molecule has 0 unspecified atom stereocenters. The van der Waals surface area contributed by atoms with E-state index in [2.05, 4.69) is 5.32 Å². The van der Waals surface area contributed by atoms with Gasteiger partial charge in [-0.3, -0.25) is 0 Å². The van der Waals surface area contributed by atoms with Gasteiger partial charge in [-0.05, 0) is 42.5 Å². The molecule has 2 aliphatic rings. The van der Waals surface area contributed by atoms with Gasteiger partial charge in [0.1, 0.15) is 5.75 Å². The van der Waals surface area contributed by atoms with Crippen LogP contribution in [0.4, 0.5) is 0 Å². The lowest BCUT2D eigenvalue weighted by atomic mass is 10.0. The molecule has 1 heterocycles. The van der Waals surface area contributed by atoms with E-state index in [-0.39, 0.29) is 18.4 Å². The van der Waals surface area contributed by atoms with Gasteiger partial charge in [-0.2, -0.15) is 0 Å². The number of ether oxygens (including phenoxy) is 2. The van der Waals surface area contributed by atoms with Gasteiger partial charge in [-0.25, -0.2) is 4.79 Å². The van der Waals surface area contributed by atoms with Crippen LogP contribution in [0.2, 0.25) is 0 Å². The Labute approximate surface area is 125 Å². The number of hydrogen-bond donors (Lipinski definition) is 1. The number of halogens is 1. The minimum Gasteiger partial charge on any atom is -0.493 e. The molecule has 0 aromatic heterocycles. The minimum absolute atomic E-state index is 0. The first-order chi connectivity index (χ1) is 9.28. The van der Waals surface area contributed by atoms with Gasteiger partial charge in [0, 0.05) is 19.0 Å². The summed E-state index contributed by atoms with van der Waals surface area (Å²) < 4.78 is 10.7. The Morgan fingerprint density at radius 3 is 2.65 bits per heavy atom. The number of benzene rings is 1. The van der Waals surface area contributed by atoms with Crippen molar-refractivity contribution in [3.05, 3.63) is 29.3 Å². The van der Waals surface area contributed by atoms with Gasteiger partial charge < -0.3 is 14.8 Å². The number of methoxy groups -OCH3 is 1. The molecule has 1 aliphatic heterocycles. The Kier molecular flexibility index (Phi) is 4.89.